The summed E-state index contributed by atoms with van der Waals surface area (Å²) in [6.45, 7) is 1.88. The van der Waals surface area contributed by atoms with E-state index >= 15 is 0 Å². The molecule has 1 aromatic heterocycles. The highest BCUT2D eigenvalue weighted by Crippen LogP contribution is 2.24. The molecule has 0 aliphatic rings. The van der Waals surface area contributed by atoms with Crippen LogP contribution in [0.5, 0.6) is 0 Å². The molecule has 2 aromatic rings. The van der Waals surface area contributed by atoms with Gasteiger partial charge >= 0.3 is 6.03 Å². The van der Waals surface area contributed by atoms with Crippen molar-refractivity contribution < 1.29 is 14.6 Å². The zero-order chi connectivity index (χ0) is 19.8. The maximum atomic E-state index is 12.2. The fraction of sp³-hybridized carbons (Fsp3) is 0.167. The number of nitrogens with two attached hydrogens (primary N) is 1. The number of nitrogens with zero attached hydrogens (tertiary/aromatic N) is 2. The highest BCUT2D eigenvalue weighted by molar-refractivity contribution is 8.00. The van der Waals surface area contributed by atoms with Crippen molar-refractivity contribution in [3.63, 3.8) is 0 Å². The topological polar surface area (TPSA) is 146 Å². The van der Waals surface area contributed by atoms with Gasteiger partial charge in [0.25, 0.3) is 5.82 Å². The number of thioether (sulfide) groups is 1. The number of H-pyrrole nitrogens is 1. The third-order valence-electron chi connectivity index (χ3n) is 3.51. The minimum absolute atomic E-state index is 0.104. The molecule has 2 rings (SSSR count). The lowest BCUT2D eigenvalue weighted by Gasteiger charge is -2.11. The third kappa shape index (κ3) is 5.46. The van der Waals surface area contributed by atoms with Crippen molar-refractivity contribution in [2.45, 2.75) is 23.7 Å². The van der Waals surface area contributed by atoms with Crippen LogP contribution in [0.3, 0.4) is 0 Å². The number of imide groups is 1. The first kappa shape index (κ1) is 19.8. The van der Waals surface area contributed by atoms with Crippen LogP contribution in [0.1, 0.15) is 23.6 Å². The van der Waals surface area contributed by atoms with Crippen molar-refractivity contribution in [1.82, 2.24) is 10.6 Å². The van der Waals surface area contributed by atoms with Gasteiger partial charge in [0, 0.05) is 6.54 Å². The molecule has 8 nitrogen and oxygen atoms in total. The van der Waals surface area contributed by atoms with E-state index in [2.05, 4.69) is 15.6 Å². The van der Waals surface area contributed by atoms with E-state index in [1.165, 1.54) is 6.07 Å². The third-order valence-corrected chi connectivity index (χ3v) is 4.63. The van der Waals surface area contributed by atoms with E-state index < -0.39 is 17.2 Å². The molecular weight excluding hydrogens is 364 g/mol. The van der Waals surface area contributed by atoms with Crippen molar-refractivity contribution in [3.05, 3.63) is 53.1 Å². The molecule has 0 spiro atoms. The minimum Gasteiger partial charge on any atom is -0.334 e. The van der Waals surface area contributed by atoms with Gasteiger partial charge < -0.3 is 5.32 Å². The van der Waals surface area contributed by atoms with Crippen LogP contribution in [0.2, 0.25) is 0 Å². The summed E-state index contributed by atoms with van der Waals surface area (Å²) in [6.07, 6.45) is 0. The number of nitrogen functional groups attached to an aromatic ring is 1. The number of aromatic nitrogens is 1. The molecule has 5 N–H and O–H groups in total. The van der Waals surface area contributed by atoms with Gasteiger partial charge in [-0.25, -0.2) is 9.78 Å². The van der Waals surface area contributed by atoms with E-state index in [0.29, 0.717) is 11.6 Å². The molecular formula is C18H17N6O2S+. The Morgan fingerprint density at radius 2 is 1.89 bits per heavy atom. The highest BCUT2D eigenvalue weighted by atomic mass is 32.2. The van der Waals surface area contributed by atoms with Crippen LogP contribution in [0, 0.1) is 22.7 Å². The van der Waals surface area contributed by atoms with Crippen molar-refractivity contribution in [1.29, 1.82) is 10.5 Å². The van der Waals surface area contributed by atoms with Crippen LogP contribution in [-0.4, -0.2) is 17.2 Å². The summed E-state index contributed by atoms with van der Waals surface area (Å²) >= 11 is 1.03. The average molecular weight is 381 g/mol. The monoisotopic (exact) mass is 381 g/mol. The fourth-order valence-electron chi connectivity index (χ4n) is 2.08. The smallest absolute Gasteiger partial charge is 0.321 e. The molecule has 0 aliphatic heterocycles. The summed E-state index contributed by atoms with van der Waals surface area (Å²) in [6, 6.07) is 13.9. The van der Waals surface area contributed by atoms with Crippen molar-refractivity contribution in [3.8, 4) is 12.1 Å². The molecule has 3 amide bonds. The van der Waals surface area contributed by atoms with Gasteiger partial charge in [-0.05, 0) is 18.6 Å². The van der Waals surface area contributed by atoms with E-state index in [-0.39, 0.29) is 16.9 Å². The fourth-order valence-corrected chi connectivity index (χ4v) is 3.00. The molecule has 27 heavy (non-hydrogen) atoms. The molecule has 0 saturated carbocycles. The first-order valence-electron chi connectivity index (χ1n) is 7.90. The Balaban J connectivity index is 1.96. The van der Waals surface area contributed by atoms with E-state index in [1.54, 1.807) is 6.92 Å². The second kappa shape index (κ2) is 9.22. The lowest BCUT2D eigenvalue weighted by molar-refractivity contribution is -0.410. The number of carbonyl (C=O) groups excluding carboxylic acids is 2. The van der Waals surface area contributed by atoms with Crippen molar-refractivity contribution in [2.24, 2.45) is 0 Å². The molecule has 0 radical (unpaired) electrons. The van der Waals surface area contributed by atoms with E-state index in [9.17, 15) is 14.9 Å². The molecule has 1 aromatic carbocycles. The summed E-state index contributed by atoms with van der Waals surface area (Å²) in [7, 11) is 0. The molecule has 0 saturated heterocycles. The number of aromatic amines is 1. The van der Waals surface area contributed by atoms with Crippen LogP contribution < -0.4 is 21.4 Å². The van der Waals surface area contributed by atoms with E-state index in [1.807, 2.05) is 42.5 Å². The van der Waals surface area contributed by atoms with Gasteiger partial charge in [0.2, 0.25) is 5.91 Å². The largest absolute Gasteiger partial charge is 0.334 e. The summed E-state index contributed by atoms with van der Waals surface area (Å²) in [5.41, 5.74) is 6.96. The van der Waals surface area contributed by atoms with E-state index in [0.717, 1.165) is 17.3 Å². The molecule has 0 bridgehead atoms. The number of nitrogens with one attached hydrogen (secondary N) is 3. The number of hydrogen-bond donors (Lipinski definition) is 3. The molecule has 0 aliphatic carbocycles. The maximum Gasteiger partial charge on any atom is 0.321 e. The van der Waals surface area contributed by atoms with Gasteiger partial charge in [0.05, 0.1) is 5.25 Å². The summed E-state index contributed by atoms with van der Waals surface area (Å²) in [5, 5.41) is 22.7. The number of urea groups is 1. The van der Waals surface area contributed by atoms with E-state index in [4.69, 9.17) is 11.0 Å². The van der Waals surface area contributed by atoms with Gasteiger partial charge in [-0.1, -0.05) is 42.1 Å². The van der Waals surface area contributed by atoms with Gasteiger partial charge in [0.1, 0.15) is 23.3 Å². The maximum absolute atomic E-state index is 12.2. The lowest BCUT2D eigenvalue weighted by atomic mass is 10.2. The van der Waals surface area contributed by atoms with Crippen LogP contribution in [0.15, 0.2) is 41.4 Å². The molecule has 1 heterocycles. The lowest BCUT2D eigenvalue weighted by Crippen LogP contribution is -2.42. The normalized spacial score (nSPS) is 10.9. The molecule has 0 fully saturated rings. The molecule has 136 valence electrons. The number of pyridine rings is 1. The highest BCUT2D eigenvalue weighted by Gasteiger charge is 2.22. The Morgan fingerprint density at radius 1 is 1.22 bits per heavy atom. The number of carbonyl (C=O) groups is 2. The Hall–Kier alpha value is -3.56. The number of hydrogen-bond acceptors (Lipinski definition) is 6. The Labute approximate surface area is 160 Å². The van der Waals surface area contributed by atoms with Crippen LogP contribution in [0.25, 0.3) is 0 Å². The van der Waals surface area contributed by atoms with Gasteiger partial charge in [0.15, 0.2) is 5.03 Å². The molecule has 0 unspecified atom stereocenters. The number of amides is 3. The number of anilines is 1. The predicted octanol–water partition coefficient (Wildman–Crippen LogP) is 1.33. The second-order valence-electron chi connectivity index (χ2n) is 5.48. The predicted molar refractivity (Wildman–Crippen MR) is 99.0 cm³/mol. The van der Waals surface area contributed by atoms with Crippen molar-refractivity contribution >= 4 is 29.5 Å². The number of nitriles is 2. The van der Waals surface area contributed by atoms with Gasteiger partial charge in [-0.15, -0.1) is 0 Å². The standard InChI is InChI=1S/C18H16N6O2S/c1-11(27-17-14(9-20)7-13(8-19)15(21)23-17)16(25)24-18(26)22-10-12-5-3-2-4-6-12/h2-7,11H,10H2,1H3,(H2,21,23)(H2,22,24,25,26)/p+1/t11-/m1/s1. The zero-order valence-electron chi connectivity index (χ0n) is 14.4. The molecule has 9 heteroatoms. The van der Waals surface area contributed by atoms with Gasteiger partial charge in [-0.2, -0.15) is 10.5 Å². The first-order valence-corrected chi connectivity index (χ1v) is 8.77. The van der Waals surface area contributed by atoms with Crippen molar-refractivity contribution in [2.75, 3.05) is 5.73 Å². The quantitative estimate of drug-likeness (QED) is 0.666. The Kier molecular flexibility index (Phi) is 6.75. The van der Waals surface area contributed by atoms with Crippen LogP contribution in [0.4, 0.5) is 10.6 Å². The van der Waals surface area contributed by atoms with Crippen LogP contribution >= 0.6 is 11.8 Å². The SMILES string of the molecule is C[C@@H](Sc1[nH+]c(N)c(C#N)cc1C#N)C(=O)NC(=O)NCc1ccccc1. The first-order chi connectivity index (χ1) is 12.9. The summed E-state index contributed by atoms with van der Waals surface area (Å²) in [4.78, 5) is 26.8. The number of benzene rings is 1. The summed E-state index contributed by atoms with van der Waals surface area (Å²) in [5.74, 6) is -0.419. The number of rotatable bonds is 5. The minimum atomic E-state index is -0.678. The second-order valence-corrected chi connectivity index (χ2v) is 6.83. The van der Waals surface area contributed by atoms with Crippen LogP contribution in [-0.2, 0) is 11.3 Å². The zero-order valence-corrected chi connectivity index (χ0v) is 15.3. The molecule has 1 atom stereocenters. The summed E-state index contributed by atoms with van der Waals surface area (Å²) < 4.78 is 0. The average Bonchev–Trinajstić information content (AvgIpc) is 2.67. The Bertz CT molecular complexity index is 933. The van der Waals surface area contributed by atoms with Gasteiger partial charge in [-0.3, -0.25) is 15.8 Å². The Morgan fingerprint density at radius 3 is 2.52 bits per heavy atom.